The molecule has 20 heavy (non-hydrogen) atoms. The Bertz CT molecular complexity index is 621. The predicted molar refractivity (Wildman–Crippen MR) is 78.0 cm³/mol. The molecule has 4 nitrogen and oxygen atoms in total. The lowest BCUT2D eigenvalue weighted by Gasteiger charge is -2.08. The van der Waals surface area contributed by atoms with E-state index in [4.69, 9.17) is 9.47 Å². The second-order valence-electron chi connectivity index (χ2n) is 4.10. The predicted octanol–water partition coefficient (Wildman–Crippen LogP) is 3.37. The molecule has 2 rings (SSSR count). The van der Waals surface area contributed by atoms with Crippen LogP contribution in [-0.4, -0.2) is 19.3 Å². The van der Waals surface area contributed by atoms with E-state index in [0.717, 1.165) is 11.3 Å². The Kier molecular flexibility index (Phi) is 4.50. The zero-order chi connectivity index (χ0) is 14.4. The molecule has 2 aromatic rings. The molecule has 0 aliphatic carbocycles. The van der Waals surface area contributed by atoms with Crippen LogP contribution in [0, 0.1) is 0 Å². The molecule has 0 spiro atoms. The zero-order valence-electron chi connectivity index (χ0n) is 11.4. The van der Waals surface area contributed by atoms with E-state index in [1.54, 1.807) is 18.3 Å². The number of hydrogen-bond donors (Lipinski definition) is 0. The number of hydrogen-bond acceptors (Lipinski definition) is 4. The van der Waals surface area contributed by atoms with Gasteiger partial charge in [0.2, 0.25) is 0 Å². The number of methoxy groups -OCH3 is 1. The van der Waals surface area contributed by atoms with Crippen molar-refractivity contribution in [2.45, 2.75) is 6.92 Å². The summed E-state index contributed by atoms with van der Waals surface area (Å²) in [4.78, 5) is 15.3. The Labute approximate surface area is 117 Å². The number of benzene rings is 2. The summed E-state index contributed by atoms with van der Waals surface area (Å²) in [6.07, 6.45) is 1.73. The van der Waals surface area contributed by atoms with E-state index in [-0.39, 0.29) is 5.97 Å². The van der Waals surface area contributed by atoms with Gasteiger partial charge in [0.05, 0.1) is 12.8 Å². The number of carbonyl (C=O) groups excluding carboxylic acids is 1. The molecule has 0 N–H and O–H groups in total. The molecule has 102 valence electrons. The molecule has 0 heterocycles. The maximum Gasteiger partial charge on any atom is 0.308 e. The van der Waals surface area contributed by atoms with Crippen molar-refractivity contribution in [1.29, 1.82) is 0 Å². The van der Waals surface area contributed by atoms with Gasteiger partial charge < -0.3 is 9.47 Å². The lowest BCUT2D eigenvalue weighted by atomic mass is 10.2. The normalized spacial score (nSPS) is 10.5. The molecule has 0 aliphatic heterocycles. The third-order valence-corrected chi connectivity index (χ3v) is 2.56. The minimum absolute atomic E-state index is 0.381. The monoisotopic (exact) mass is 269 g/mol. The van der Waals surface area contributed by atoms with E-state index in [1.165, 1.54) is 14.0 Å². The Balaban J connectivity index is 2.21. The fourth-order valence-electron chi connectivity index (χ4n) is 1.67. The van der Waals surface area contributed by atoms with Crippen molar-refractivity contribution in [3.63, 3.8) is 0 Å². The van der Waals surface area contributed by atoms with Gasteiger partial charge in [-0.3, -0.25) is 9.79 Å². The van der Waals surface area contributed by atoms with Gasteiger partial charge in [-0.15, -0.1) is 0 Å². The van der Waals surface area contributed by atoms with Gasteiger partial charge in [-0.05, 0) is 35.9 Å². The highest BCUT2D eigenvalue weighted by Gasteiger charge is 2.07. The van der Waals surface area contributed by atoms with Gasteiger partial charge in [-0.2, -0.15) is 0 Å². The van der Waals surface area contributed by atoms with Crippen LogP contribution in [0.2, 0.25) is 0 Å². The maximum absolute atomic E-state index is 11.0. The molecule has 0 radical (unpaired) electrons. The summed E-state index contributed by atoms with van der Waals surface area (Å²) in [5.41, 5.74) is 1.73. The molecule has 2 aromatic carbocycles. The van der Waals surface area contributed by atoms with Crippen LogP contribution in [0.5, 0.6) is 11.5 Å². The summed E-state index contributed by atoms with van der Waals surface area (Å²) in [7, 11) is 1.53. The molecule has 0 bridgehead atoms. The lowest BCUT2D eigenvalue weighted by molar-refractivity contribution is -0.132. The lowest BCUT2D eigenvalue weighted by Crippen LogP contribution is -2.03. The molecule has 0 aliphatic rings. The second-order valence-corrected chi connectivity index (χ2v) is 4.10. The molecule has 0 amide bonds. The number of esters is 1. The molecule has 4 heteroatoms. The molecule has 0 saturated carbocycles. The first kappa shape index (κ1) is 13.8. The average molecular weight is 269 g/mol. The van der Waals surface area contributed by atoms with Crippen LogP contribution in [0.3, 0.4) is 0 Å². The summed E-state index contributed by atoms with van der Waals surface area (Å²) < 4.78 is 10.2. The number of nitrogens with zero attached hydrogens (tertiary/aromatic N) is 1. The van der Waals surface area contributed by atoms with Crippen molar-refractivity contribution >= 4 is 17.9 Å². The van der Waals surface area contributed by atoms with Gasteiger partial charge in [0.1, 0.15) is 0 Å². The quantitative estimate of drug-likeness (QED) is 0.485. The number of aliphatic imine (C=N–C) groups is 1. The highest BCUT2D eigenvalue weighted by molar-refractivity contribution is 5.83. The largest absolute Gasteiger partial charge is 0.493 e. The third kappa shape index (κ3) is 3.68. The van der Waals surface area contributed by atoms with E-state index in [9.17, 15) is 4.79 Å². The van der Waals surface area contributed by atoms with Gasteiger partial charge in [-0.1, -0.05) is 18.2 Å². The number of rotatable bonds is 4. The first-order valence-electron chi connectivity index (χ1n) is 6.14. The van der Waals surface area contributed by atoms with Crippen molar-refractivity contribution in [3.05, 3.63) is 54.1 Å². The average Bonchev–Trinajstić information content (AvgIpc) is 2.46. The second kappa shape index (κ2) is 6.52. The van der Waals surface area contributed by atoms with E-state index >= 15 is 0 Å². The Morgan fingerprint density at radius 1 is 1.10 bits per heavy atom. The van der Waals surface area contributed by atoms with Crippen LogP contribution in [-0.2, 0) is 4.79 Å². The summed E-state index contributed by atoms with van der Waals surface area (Å²) >= 11 is 0. The van der Waals surface area contributed by atoms with Gasteiger partial charge in [-0.25, -0.2) is 0 Å². The molecule has 0 fully saturated rings. The van der Waals surface area contributed by atoms with Crippen molar-refractivity contribution < 1.29 is 14.3 Å². The first-order chi connectivity index (χ1) is 9.69. The van der Waals surface area contributed by atoms with E-state index < -0.39 is 0 Å². The molecule has 0 atom stereocenters. The molecule has 0 saturated heterocycles. The number of para-hydroxylation sites is 1. The smallest absolute Gasteiger partial charge is 0.308 e. The number of carbonyl (C=O) groups is 1. The van der Waals surface area contributed by atoms with Crippen molar-refractivity contribution in [2.75, 3.05) is 7.11 Å². The van der Waals surface area contributed by atoms with E-state index in [1.807, 2.05) is 36.4 Å². The molecular formula is C16H15NO3. The van der Waals surface area contributed by atoms with Gasteiger partial charge in [0.25, 0.3) is 0 Å². The van der Waals surface area contributed by atoms with Crippen molar-refractivity contribution in [2.24, 2.45) is 4.99 Å². The first-order valence-corrected chi connectivity index (χ1v) is 6.14. The Morgan fingerprint density at radius 3 is 2.50 bits per heavy atom. The third-order valence-electron chi connectivity index (χ3n) is 2.56. The molecule has 0 unspecified atom stereocenters. The summed E-state index contributed by atoms with van der Waals surface area (Å²) in [6, 6.07) is 14.9. The Hall–Kier alpha value is -2.62. The topological polar surface area (TPSA) is 47.9 Å². The fraction of sp³-hybridized carbons (Fsp3) is 0.125. The van der Waals surface area contributed by atoms with Crippen LogP contribution in [0.1, 0.15) is 12.5 Å². The Morgan fingerprint density at radius 2 is 1.85 bits per heavy atom. The molecule has 0 aromatic heterocycles. The zero-order valence-corrected chi connectivity index (χ0v) is 11.4. The van der Waals surface area contributed by atoms with Gasteiger partial charge >= 0.3 is 5.97 Å². The van der Waals surface area contributed by atoms with Crippen molar-refractivity contribution in [3.8, 4) is 11.5 Å². The maximum atomic E-state index is 11.0. The highest BCUT2D eigenvalue weighted by atomic mass is 16.6. The van der Waals surface area contributed by atoms with Crippen LogP contribution in [0.25, 0.3) is 0 Å². The fourth-order valence-corrected chi connectivity index (χ4v) is 1.67. The van der Waals surface area contributed by atoms with Crippen LogP contribution in [0.4, 0.5) is 5.69 Å². The summed E-state index contributed by atoms with van der Waals surface area (Å²) in [5, 5.41) is 0. The summed E-state index contributed by atoms with van der Waals surface area (Å²) in [6.45, 7) is 1.35. The SMILES string of the molecule is COc1cc(C=Nc2ccccc2)ccc1OC(C)=O. The van der Waals surface area contributed by atoms with E-state index in [0.29, 0.717) is 11.5 Å². The van der Waals surface area contributed by atoms with Crippen molar-refractivity contribution in [1.82, 2.24) is 0 Å². The van der Waals surface area contributed by atoms with Gasteiger partial charge in [0, 0.05) is 13.1 Å². The summed E-state index contributed by atoms with van der Waals surface area (Å²) in [5.74, 6) is 0.517. The molecular weight excluding hydrogens is 254 g/mol. The van der Waals surface area contributed by atoms with Gasteiger partial charge in [0.15, 0.2) is 11.5 Å². The van der Waals surface area contributed by atoms with Crippen LogP contribution < -0.4 is 9.47 Å². The standard InChI is InChI=1S/C16H15NO3/c1-12(18)20-15-9-8-13(10-16(15)19-2)11-17-14-6-4-3-5-7-14/h3-11H,1-2H3. The number of ether oxygens (including phenoxy) is 2. The van der Waals surface area contributed by atoms with Crippen LogP contribution >= 0.6 is 0 Å². The highest BCUT2D eigenvalue weighted by Crippen LogP contribution is 2.27. The van der Waals surface area contributed by atoms with E-state index in [2.05, 4.69) is 4.99 Å². The van der Waals surface area contributed by atoms with Crippen LogP contribution in [0.15, 0.2) is 53.5 Å². The minimum Gasteiger partial charge on any atom is -0.493 e. The minimum atomic E-state index is -0.381.